The summed E-state index contributed by atoms with van der Waals surface area (Å²) >= 11 is 0. The van der Waals surface area contributed by atoms with E-state index < -0.39 is 11.9 Å². The number of oxazole rings is 1. The van der Waals surface area contributed by atoms with Gasteiger partial charge in [-0.1, -0.05) is 24.3 Å². The van der Waals surface area contributed by atoms with Gasteiger partial charge in [-0.15, -0.1) is 0 Å². The third-order valence-corrected chi connectivity index (χ3v) is 3.22. The lowest BCUT2D eigenvalue weighted by Crippen LogP contribution is -2.12. The van der Waals surface area contributed by atoms with E-state index in [2.05, 4.69) is 9.72 Å². The molecule has 0 saturated heterocycles. The molecule has 0 saturated carbocycles. The van der Waals surface area contributed by atoms with Crippen molar-refractivity contribution >= 4 is 23.0 Å². The van der Waals surface area contributed by atoms with Crippen molar-refractivity contribution < 1.29 is 23.5 Å². The topological polar surface area (TPSA) is 78.6 Å². The number of esters is 2. The molecule has 0 amide bonds. The molecule has 0 unspecified atom stereocenters. The first-order valence-corrected chi connectivity index (χ1v) is 6.88. The third kappa shape index (κ3) is 3.06. The second kappa shape index (κ2) is 6.31. The van der Waals surface area contributed by atoms with Gasteiger partial charge in [-0.3, -0.25) is 0 Å². The molecule has 0 radical (unpaired) electrons. The number of nitrogens with zero attached hydrogens (tertiary/aromatic N) is 1. The third-order valence-electron chi connectivity index (χ3n) is 3.22. The van der Waals surface area contributed by atoms with E-state index in [1.165, 1.54) is 19.2 Å². The number of carbonyl (C=O) groups is 2. The van der Waals surface area contributed by atoms with Gasteiger partial charge in [0.25, 0.3) is 0 Å². The first kappa shape index (κ1) is 14.8. The van der Waals surface area contributed by atoms with Gasteiger partial charge in [-0.2, -0.15) is 0 Å². The number of hydrogen-bond acceptors (Lipinski definition) is 6. The Hall–Kier alpha value is -3.15. The number of carbonyl (C=O) groups excluding carboxylic acids is 2. The van der Waals surface area contributed by atoms with E-state index in [1.54, 1.807) is 24.3 Å². The number of ether oxygens (including phenoxy) is 2. The van der Waals surface area contributed by atoms with Crippen LogP contribution in [0.4, 0.5) is 0 Å². The number of rotatable bonds is 4. The molecule has 6 nitrogen and oxygen atoms in total. The summed E-state index contributed by atoms with van der Waals surface area (Å²) in [5, 5.41) is 0. The van der Waals surface area contributed by atoms with Crippen LogP contribution in [-0.2, 0) is 16.1 Å². The predicted molar refractivity (Wildman–Crippen MR) is 80.9 cm³/mol. The molecule has 1 aromatic heterocycles. The Kier molecular flexibility index (Phi) is 4.05. The predicted octanol–water partition coefficient (Wildman–Crippen LogP) is 2.97. The SMILES string of the molecule is COC(=O)c1ccccc1C(=O)OCc1nc2ccccc2o1. The molecule has 0 N–H and O–H groups in total. The van der Waals surface area contributed by atoms with Gasteiger partial charge in [0, 0.05) is 0 Å². The van der Waals surface area contributed by atoms with Crippen LogP contribution >= 0.6 is 0 Å². The lowest BCUT2D eigenvalue weighted by atomic mass is 10.1. The Morgan fingerprint density at radius 2 is 1.65 bits per heavy atom. The van der Waals surface area contributed by atoms with Crippen molar-refractivity contribution in [3.63, 3.8) is 0 Å². The molecule has 0 aliphatic carbocycles. The summed E-state index contributed by atoms with van der Waals surface area (Å²) in [6, 6.07) is 13.5. The zero-order valence-corrected chi connectivity index (χ0v) is 12.3. The number of aromatic nitrogens is 1. The van der Waals surface area contributed by atoms with Crippen LogP contribution in [0, 0.1) is 0 Å². The van der Waals surface area contributed by atoms with E-state index in [0.29, 0.717) is 11.1 Å². The van der Waals surface area contributed by atoms with Crippen molar-refractivity contribution in [3.05, 3.63) is 65.5 Å². The Bertz CT molecular complexity index is 835. The van der Waals surface area contributed by atoms with Crippen molar-refractivity contribution in [2.75, 3.05) is 7.11 Å². The van der Waals surface area contributed by atoms with Gasteiger partial charge in [0.05, 0.1) is 18.2 Å². The summed E-state index contributed by atoms with van der Waals surface area (Å²) in [7, 11) is 1.25. The normalized spacial score (nSPS) is 10.5. The highest BCUT2D eigenvalue weighted by Crippen LogP contribution is 2.17. The first-order chi connectivity index (χ1) is 11.2. The molecule has 0 aliphatic heterocycles. The maximum absolute atomic E-state index is 12.2. The van der Waals surface area contributed by atoms with Crippen LogP contribution in [0.5, 0.6) is 0 Å². The van der Waals surface area contributed by atoms with Crippen molar-refractivity contribution in [1.29, 1.82) is 0 Å². The van der Waals surface area contributed by atoms with E-state index in [9.17, 15) is 9.59 Å². The molecule has 3 rings (SSSR count). The van der Waals surface area contributed by atoms with E-state index in [-0.39, 0.29) is 23.6 Å². The molecule has 23 heavy (non-hydrogen) atoms. The van der Waals surface area contributed by atoms with E-state index in [1.807, 2.05) is 12.1 Å². The number of benzene rings is 2. The highest BCUT2D eigenvalue weighted by molar-refractivity contribution is 6.03. The van der Waals surface area contributed by atoms with Crippen LogP contribution in [0.3, 0.4) is 0 Å². The van der Waals surface area contributed by atoms with Crippen LogP contribution in [-0.4, -0.2) is 24.0 Å². The molecule has 2 aromatic carbocycles. The second-order valence-corrected chi connectivity index (χ2v) is 4.69. The number of fused-ring (bicyclic) bond motifs is 1. The molecule has 3 aromatic rings. The fraction of sp³-hybridized carbons (Fsp3) is 0.118. The molecular weight excluding hydrogens is 298 g/mol. The van der Waals surface area contributed by atoms with E-state index in [0.717, 1.165) is 0 Å². The van der Waals surface area contributed by atoms with Gasteiger partial charge in [0.1, 0.15) is 5.52 Å². The largest absolute Gasteiger partial charge is 0.465 e. The van der Waals surface area contributed by atoms with Crippen LogP contribution in [0.1, 0.15) is 26.6 Å². The van der Waals surface area contributed by atoms with E-state index >= 15 is 0 Å². The Balaban J connectivity index is 1.76. The van der Waals surface area contributed by atoms with Gasteiger partial charge < -0.3 is 13.9 Å². The number of methoxy groups -OCH3 is 1. The highest BCUT2D eigenvalue weighted by Gasteiger charge is 2.19. The maximum atomic E-state index is 12.2. The molecule has 116 valence electrons. The van der Waals surface area contributed by atoms with Gasteiger partial charge >= 0.3 is 11.9 Å². The summed E-state index contributed by atoms with van der Waals surface area (Å²) in [4.78, 5) is 28.1. The molecule has 0 fully saturated rings. The van der Waals surface area contributed by atoms with Crippen LogP contribution < -0.4 is 0 Å². The summed E-state index contributed by atoms with van der Waals surface area (Å²) in [6.07, 6.45) is 0. The average molecular weight is 311 g/mol. The average Bonchev–Trinajstić information content (AvgIpc) is 3.02. The highest BCUT2D eigenvalue weighted by atomic mass is 16.5. The number of para-hydroxylation sites is 2. The van der Waals surface area contributed by atoms with Crippen molar-refractivity contribution in [2.45, 2.75) is 6.61 Å². The lowest BCUT2D eigenvalue weighted by Gasteiger charge is -2.06. The summed E-state index contributed by atoms with van der Waals surface area (Å²) in [5.41, 5.74) is 1.59. The minimum absolute atomic E-state index is 0.122. The summed E-state index contributed by atoms with van der Waals surface area (Å²) in [5.74, 6) is -0.956. The van der Waals surface area contributed by atoms with Crippen LogP contribution in [0.15, 0.2) is 52.9 Å². The van der Waals surface area contributed by atoms with Crippen LogP contribution in [0.2, 0.25) is 0 Å². The summed E-state index contributed by atoms with van der Waals surface area (Å²) in [6.45, 7) is -0.122. The smallest absolute Gasteiger partial charge is 0.339 e. The Morgan fingerprint density at radius 1 is 1.00 bits per heavy atom. The fourth-order valence-corrected chi connectivity index (χ4v) is 2.14. The first-order valence-electron chi connectivity index (χ1n) is 6.88. The monoisotopic (exact) mass is 311 g/mol. The lowest BCUT2D eigenvalue weighted by molar-refractivity contribution is 0.0428. The molecular formula is C17H13NO5. The Labute approximate surface area is 131 Å². The minimum Gasteiger partial charge on any atom is -0.465 e. The van der Waals surface area contributed by atoms with Crippen molar-refractivity contribution in [3.8, 4) is 0 Å². The maximum Gasteiger partial charge on any atom is 0.339 e. The molecule has 0 bridgehead atoms. The summed E-state index contributed by atoms with van der Waals surface area (Å²) < 4.78 is 15.3. The van der Waals surface area contributed by atoms with Crippen molar-refractivity contribution in [1.82, 2.24) is 4.98 Å². The molecule has 1 heterocycles. The fourth-order valence-electron chi connectivity index (χ4n) is 2.14. The molecule has 0 atom stereocenters. The van der Waals surface area contributed by atoms with Crippen LogP contribution in [0.25, 0.3) is 11.1 Å². The zero-order valence-electron chi connectivity index (χ0n) is 12.3. The molecule has 0 aliphatic rings. The molecule has 0 spiro atoms. The van der Waals surface area contributed by atoms with Gasteiger partial charge in [-0.25, -0.2) is 14.6 Å². The van der Waals surface area contributed by atoms with Gasteiger partial charge in [0.2, 0.25) is 5.89 Å². The second-order valence-electron chi connectivity index (χ2n) is 4.69. The van der Waals surface area contributed by atoms with Gasteiger partial charge in [0.15, 0.2) is 12.2 Å². The molecule has 6 heteroatoms. The quantitative estimate of drug-likeness (QED) is 0.689. The standard InChI is InChI=1S/C17H13NO5/c1-21-16(19)11-6-2-3-7-12(11)17(20)22-10-15-18-13-8-4-5-9-14(13)23-15/h2-9H,10H2,1H3. The van der Waals surface area contributed by atoms with E-state index in [4.69, 9.17) is 9.15 Å². The number of hydrogen-bond donors (Lipinski definition) is 0. The van der Waals surface area contributed by atoms with Gasteiger partial charge in [-0.05, 0) is 24.3 Å². The zero-order chi connectivity index (χ0) is 16.2. The Morgan fingerprint density at radius 3 is 2.35 bits per heavy atom. The van der Waals surface area contributed by atoms with Crippen molar-refractivity contribution in [2.24, 2.45) is 0 Å². The minimum atomic E-state index is -0.645.